The minimum Gasteiger partial charge on any atom is -0.459 e. The van der Waals surface area contributed by atoms with E-state index in [2.05, 4.69) is 0 Å². The van der Waals surface area contributed by atoms with Crippen molar-refractivity contribution in [2.75, 3.05) is 0 Å². The Hall–Kier alpha value is -1.18. The Morgan fingerprint density at radius 2 is 1.95 bits per heavy atom. The smallest absolute Gasteiger partial charge is 0.341 e. The highest BCUT2D eigenvalue weighted by Crippen LogP contribution is 2.26. The number of hydrogen-bond acceptors (Lipinski definition) is 4. The van der Waals surface area contributed by atoms with Crippen molar-refractivity contribution in [3.05, 3.63) is 28.5 Å². The van der Waals surface area contributed by atoms with Gasteiger partial charge in [0.2, 0.25) is 10.0 Å². The van der Waals surface area contributed by atoms with Crippen LogP contribution in [-0.2, 0) is 14.8 Å². The monoisotopic (exact) mass is 321 g/mol. The van der Waals surface area contributed by atoms with Crippen molar-refractivity contribution in [1.29, 1.82) is 0 Å². The molecule has 0 spiro atoms. The van der Waals surface area contributed by atoms with Crippen LogP contribution in [0.4, 0.5) is 4.39 Å². The van der Waals surface area contributed by atoms with Crippen LogP contribution in [0.1, 0.15) is 36.0 Å². The minimum absolute atomic E-state index is 0.103. The molecule has 1 aliphatic rings. The number of halogens is 2. The zero-order valence-corrected chi connectivity index (χ0v) is 12.0. The van der Waals surface area contributed by atoms with Gasteiger partial charge in [-0.2, -0.15) is 0 Å². The van der Waals surface area contributed by atoms with Crippen molar-refractivity contribution in [2.45, 2.75) is 36.7 Å². The maximum Gasteiger partial charge on any atom is 0.341 e. The number of esters is 1. The SMILES string of the molecule is NS(=O)(=O)c1cc(Cl)cc(C(=O)OC2CCCC2)c1F. The number of hydrogen-bond donors (Lipinski definition) is 1. The normalized spacial score (nSPS) is 16.4. The second-order valence-corrected chi connectivity index (χ2v) is 6.59. The highest BCUT2D eigenvalue weighted by molar-refractivity contribution is 7.89. The van der Waals surface area contributed by atoms with Crippen molar-refractivity contribution in [3.63, 3.8) is 0 Å². The molecule has 0 atom stereocenters. The molecular weight excluding hydrogens is 309 g/mol. The maximum absolute atomic E-state index is 14.1. The molecule has 0 aliphatic heterocycles. The average molecular weight is 322 g/mol. The number of rotatable bonds is 3. The van der Waals surface area contributed by atoms with Crippen molar-refractivity contribution in [1.82, 2.24) is 0 Å². The van der Waals surface area contributed by atoms with Crippen molar-refractivity contribution < 1.29 is 22.3 Å². The Morgan fingerprint density at radius 3 is 2.50 bits per heavy atom. The molecule has 8 heteroatoms. The first-order valence-electron chi connectivity index (χ1n) is 6.02. The molecule has 0 amide bonds. The zero-order chi connectivity index (χ0) is 14.9. The number of nitrogens with two attached hydrogens (primary N) is 1. The van der Waals surface area contributed by atoms with Crippen molar-refractivity contribution in [2.24, 2.45) is 5.14 Å². The zero-order valence-electron chi connectivity index (χ0n) is 10.4. The van der Waals surface area contributed by atoms with Crippen LogP contribution in [0.3, 0.4) is 0 Å². The minimum atomic E-state index is -4.31. The van der Waals surface area contributed by atoms with Crippen LogP contribution in [-0.4, -0.2) is 20.5 Å². The molecule has 1 aliphatic carbocycles. The number of carbonyl (C=O) groups is 1. The lowest BCUT2D eigenvalue weighted by Gasteiger charge is -2.13. The van der Waals surface area contributed by atoms with Crippen molar-refractivity contribution in [3.8, 4) is 0 Å². The highest BCUT2D eigenvalue weighted by atomic mass is 35.5. The molecule has 0 saturated heterocycles. The van der Waals surface area contributed by atoms with Crippen molar-refractivity contribution >= 4 is 27.6 Å². The third-order valence-electron chi connectivity index (χ3n) is 3.11. The van der Waals surface area contributed by atoms with Gasteiger partial charge in [0, 0.05) is 5.02 Å². The Labute approximate surface area is 120 Å². The average Bonchev–Trinajstić information content (AvgIpc) is 2.83. The van der Waals surface area contributed by atoms with Gasteiger partial charge in [0.1, 0.15) is 11.0 Å². The van der Waals surface area contributed by atoms with Gasteiger partial charge >= 0.3 is 5.97 Å². The quantitative estimate of drug-likeness (QED) is 0.865. The molecule has 0 unspecified atom stereocenters. The van der Waals surface area contributed by atoms with Gasteiger partial charge in [0.15, 0.2) is 5.82 Å². The van der Waals surface area contributed by atoms with Gasteiger partial charge < -0.3 is 4.74 Å². The lowest BCUT2D eigenvalue weighted by molar-refractivity contribution is 0.0312. The molecule has 20 heavy (non-hydrogen) atoms. The van der Waals surface area contributed by atoms with E-state index in [1.54, 1.807) is 0 Å². The molecule has 0 radical (unpaired) electrons. The summed E-state index contributed by atoms with van der Waals surface area (Å²) in [5, 5.41) is 4.78. The molecule has 110 valence electrons. The molecule has 2 N–H and O–H groups in total. The molecule has 0 bridgehead atoms. The van der Waals surface area contributed by atoms with Gasteiger partial charge in [-0.15, -0.1) is 0 Å². The largest absolute Gasteiger partial charge is 0.459 e. The fraction of sp³-hybridized carbons (Fsp3) is 0.417. The van der Waals surface area contributed by atoms with Crippen LogP contribution >= 0.6 is 11.6 Å². The summed E-state index contributed by atoms with van der Waals surface area (Å²) >= 11 is 5.69. The molecule has 0 aromatic heterocycles. The van der Waals surface area contributed by atoms with Gasteiger partial charge in [-0.25, -0.2) is 22.7 Å². The predicted molar refractivity (Wildman–Crippen MR) is 70.5 cm³/mol. The number of ether oxygens (including phenoxy) is 1. The van der Waals surface area contributed by atoms with Gasteiger partial charge in [-0.3, -0.25) is 0 Å². The number of primary sulfonamides is 1. The van der Waals surface area contributed by atoms with Gasteiger partial charge in [0.05, 0.1) is 5.56 Å². The molecule has 5 nitrogen and oxygen atoms in total. The Kier molecular flexibility index (Phi) is 4.31. The Balaban J connectivity index is 2.36. The van der Waals surface area contributed by atoms with Crippen LogP contribution in [0.2, 0.25) is 5.02 Å². The molecule has 2 rings (SSSR count). The summed E-state index contributed by atoms with van der Waals surface area (Å²) in [5.41, 5.74) is -0.520. The number of benzene rings is 1. The summed E-state index contributed by atoms with van der Waals surface area (Å²) in [6.45, 7) is 0. The standard InChI is InChI=1S/C12H13ClFNO4S/c13-7-5-9(11(14)10(6-7)20(15,17)18)12(16)19-8-3-1-2-4-8/h5-6,8H,1-4H2,(H2,15,17,18). The van der Waals surface area contributed by atoms with Crippen LogP contribution in [0.25, 0.3) is 0 Å². The van der Waals surface area contributed by atoms with Crippen LogP contribution in [0.5, 0.6) is 0 Å². The maximum atomic E-state index is 14.1. The van der Waals surface area contributed by atoms with Crippen LogP contribution in [0.15, 0.2) is 17.0 Å². The molecule has 1 saturated carbocycles. The number of sulfonamides is 1. The van der Waals surface area contributed by atoms with Crippen LogP contribution < -0.4 is 5.14 Å². The van der Waals surface area contributed by atoms with E-state index in [1.165, 1.54) is 0 Å². The van der Waals surface area contributed by atoms with E-state index in [1.807, 2.05) is 0 Å². The molecule has 1 fully saturated rings. The summed E-state index contributed by atoms with van der Waals surface area (Å²) in [4.78, 5) is 11.1. The molecular formula is C12H13ClFNO4S. The summed E-state index contributed by atoms with van der Waals surface area (Å²) in [6.07, 6.45) is 3.06. The second kappa shape index (κ2) is 5.67. The summed E-state index contributed by atoms with van der Waals surface area (Å²) < 4.78 is 41.7. The highest BCUT2D eigenvalue weighted by Gasteiger charge is 2.26. The van der Waals surface area contributed by atoms with E-state index in [0.29, 0.717) is 0 Å². The fourth-order valence-electron chi connectivity index (χ4n) is 2.14. The molecule has 1 aromatic carbocycles. The van der Waals surface area contributed by atoms with Gasteiger partial charge in [-0.05, 0) is 37.8 Å². The number of carbonyl (C=O) groups excluding carboxylic acids is 1. The summed E-state index contributed by atoms with van der Waals surface area (Å²) in [5.74, 6) is -2.17. The topological polar surface area (TPSA) is 86.5 Å². The second-order valence-electron chi connectivity index (χ2n) is 4.62. The molecule has 0 heterocycles. The van der Waals surface area contributed by atoms with E-state index in [-0.39, 0.29) is 11.1 Å². The van der Waals surface area contributed by atoms with E-state index in [4.69, 9.17) is 21.5 Å². The fourth-order valence-corrected chi connectivity index (χ4v) is 3.07. The Bertz CT molecular complexity index is 641. The Morgan fingerprint density at radius 1 is 1.35 bits per heavy atom. The predicted octanol–water partition coefficient (Wildman–Crippen LogP) is 2.23. The van der Waals surface area contributed by atoms with Gasteiger partial charge in [-0.1, -0.05) is 11.6 Å². The summed E-state index contributed by atoms with van der Waals surface area (Å²) in [7, 11) is -4.31. The van der Waals surface area contributed by atoms with Crippen LogP contribution in [0, 0.1) is 5.82 Å². The third-order valence-corrected chi connectivity index (χ3v) is 4.23. The lowest BCUT2D eigenvalue weighted by Crippen LogP contribution is -2.19. The van der Waals surface area contributed by atoms with E-state index < -0.39 is 32.3 Å². The first kappa shape index (κ1) is 15.2. The van der Waals surface area contributed by atoms with E-state index >= 15 is 0 Å². The first-order valence-corrected chi connectivity index (χ1v) is 7.94. The van der Waals surface area contributed by atoms with E-state index in [9.17, 15) is 17.6 Å². The van der Waals surface area contributed by atoms with E-state index in [0.717, 1.165) is 37.8 Å². The lowest BCUT2D eigenvalue weighted by atomic mass is 10.2. The molecule has 1 aromatic rings. The first-order chi connectivity index (χ1) is 9.29. The van der Waals surface area contributed by atoms with Gasteiger partial charge in [0.25, 0.3) is 0 Å². The third kappa shape index (κ3) is 3.28. The summed E-state index contributed by atoms with van der Waals surface area (Å²) in [6, 6.07) is 1.89.